The van der Waals surface area contributed by atoms with Gasteiger partial charge in [0, 0.05) is 24.3 Å². The lowest BCUT2D eigenvalue weighted by Crippen LogP contribution is -2.30. The molecule has 28 heavy (non-hydrogen) atoms. The van der Waals surface area contributed by atoms with Crippen LogP contribution in [0.4, 0.5) is 11.4 Å². The molecule has 1 aliphatic heterocycles. The number of hydrogen-bond donors (Lipinski definition) is 1. The van der Waals surface area contributed by atoms with E-state index in [0.717, 1.165) is 35.7 Å². The SMILES string of the molecule is O=C(Cc1cnn(-c2ccccc2)c1)Nc1cc(Cl)ccc1N1CCCCC1. The minimum atomic E-state index is -0.0758. The lowest BCUT2D eigenvalue weighted by Gasteiger charge is -2.30. The topological polar surface area (TPSA) is 50.2 Å². The summed E-state index contributed by atoms with van der Waals surface area (Å²) in [5.74, 6) is -0.0758. The third-order valence-corrected chi connectivity index (χ3v) is 5.19. The van der Waals surface area contributed by atoms with E-state index < -0.39 is 0 Å². The van der Waals surface area contributed by atoms with Crippen LogP contribution >= 0.6 is 11.6 Å². The van der Waals surface area contributed by atoms with Gasteiger partial charge < -0.3 is 10.2 Å². The van der Waals surface area contributed by atoms with Crippen LogP contribution in [0, 0.1) is 0 Å². The van der Waals surface area contributed by atoms with Gasteiger partial charge in [-0.3, -0.25) is 4.79 Å². The van der Waals surface area contributed by atoms with Crippen LogP contribution in [0.25, 0.3) is 5.69 Å². The van der Waals surface area contributed by atoms with Crippen LogP contribution in [0.15, 0.2) is 60.9 Å². The Morgan fingerprint density at radius 2 is 1.86 bits per heavy atom. The molecule has 1 amide bonds. The highest BCUT2D eigenvalue weighted by Crippen LogP contribution is 2.31. The number of anilines is 2. The van der Waals surface area contributed by atoms with E-state index >= 15 is 0 Å². The Balaban J connectivity index is 1.47. The average Bonchev–Trinajstić information content (AvgIpc) is 3.18. The van der Waals surface area contributed by atoms with Crippen molar-refractivity contribution in [3.8, 4) is 5.69 Å². The molecule has 0 radical (unpaired) electrons. The molecule has 0 aliphatic carbocycles. The Kier molecular flexibility index (Phi) is 5.63. The van der Waals surface area contributed by atoms with E-state index in [4.69, 9.17) is 11.6 Å². The summed E-state index contributed by atoms with van der Waals surface area (Å²) in [5, 5.41) is 8.02. The first-order valence-corrected chi connectivity index (χ1v) is 10.0. The standard InChI is InChI=1S/C22H23ClN4O/c23-18-9-10-21(26-11-5-2-6-12-26)20(14-18)25-22(28)13-17-15-24-27(16-17)19-7-3-1-4-8-19/h1,3-4,7-10,14-16H,2,5-6,11-13H2,(H,25,28). The lowest BCUT2D eigenvalue weighted by atomic mass is 10.1. The number of para-hydroxylation sites is 1. The van der Waals surface area contributed by atoms with E-state index in [2.05, 4.69) is 15.3 Å². The van der Waals surface area contributed by atoms with E-state index in [9.17, 15) is 4.79 Å². The van der Waals surface area contributed by atoms with Crippen molar-refractivity contribution in [2.75, 3.05) is 23.3 Å². The van der Waals surface area contributed by atoms with Crippen molar-refractivity contribution in [2.45, 2.75) is 25.7 Å². The first-order valence-electron chi connectivity index (χ1n) is 9.62. The van der Waals surface area contributed by atoms with Gasteiger partial charge >= 0.3 is 0 Å². The van der Waals surface area contributed by atoms with Crippen LogP contribution in [0.1, 0.15) is 24.8 Å². The highest BCUT2D eigenvalue weighted by atomic mass is 35.5. The Morgan fingerprint density at radius 1 is 1.07 bits per heavy atom. The largest absolute Gasteiger partial charge is 0.370 e. The number of amides is 1. The molecule has 2 heterocycles. The number of carbonyl (C=O) groups is 1. The highest BCUT2D eigenvalue weighted by molar-refractivity contribution is 6.31. The number of aromatic nitrogens is 2. The number of rotatable bonds is 5. The summed E-state index contributed by atoms with van der Waals surface area (Å²) in [6.45, 7) is 2.02. The highest BCUT2D eigenvalue weighted by Gasteiger charge is 2.17. The fourth-order valence-corrected chi connectivity index (χ4v) is 3.74. The number of hydrogen-bond acceptors (Lipinski definition) is 3. The molecule has 5 nitrogen and oxygen atoms in total. The maximum Gasteiger partial charge on any atom is 0.228 e. The van der Waals surface area contributed by atoms with Gasteiger partial charge in [0.05, 0.1) is 29.7 Å². The molecular formula is C22H23ClN4O. The first-order chi connectivity index (χ1) is 13.7. The van der Waals surface area contributed by atoms with Crippen molar-refractivity contribution >= 4 is 28.9 Å². The van der Waals surface area contributed by atoms with Crippen molar-refractivity contribution in [1.82, 2.24) is 9.78 Å². The number of nitrogens with one attached hydrogen (secondary N) is 1. The summed E-state index contributed by atoms with van der Waals surface area (Å²) in [7, 11) is 0. The summed E-state index contributed by atoms with van der Waals surface area (Å²) in [6, 6.07) is 15.6. The van der Waals surface area contributed by atoms with Gasteiger partial charge in [-0.1, -0.05) is 29.8 Å². The molecule has 6 heteroatoms. The fourth-order valence-electron chi connectivity index (χ4n) is 3.57. The van der Waals surface area contributed by atoms with E-state index in [1.165, 1.54) is 19.3 Å². The van der Waals surface area contributed by atoms with Crippen molar-refractivity contribution in [1.29, 1.82) is 0 Å². The summed E-state index contributed by atoms with van der Waals surface area (Å²) in [6.07, 6.45) is 7.49. The quantitative estimate of drug-likeness (QED) is 0.682. The number of benzene rings is 2. The average molecular weight is 395 g/mol. The second-order valence-corrected chi connectivity index (χ2v) is 7.50. The molecule has 4 rings (SSSR count). The van der Waals surface area contributed by atoms with Crippen LogP contribution in [0.5, 0.6) is 0 Å². The second-order valence-electron chi connectivity index (χ2n) is 7.06. The normalized spacial score (nSPS) is 14.1. The zero-order chi connectivity index (χ0) is 19.3. The zero-order valence-corrected chi connectivity index (χ0v) is 16.4. The van der Waals surface area contributed by atoms with E-state index in [1.54, 1.807) is 10.9 Å². The van der Waals surface area contributed by atoms with Crippen molar-refractivity contribution in [3.63, 3.8) is 0 Å². The molecule has 1 fully saturated rings. The third-order valence-electron chi connectivity index (χ3n) is 4.95. The van der Waals surface area contributed by atoms with E-state index in [-0.39, 0.29) is 12.3 Å². The molecule has 0 spiro atoms. The fraction of sp³-hybridized carbons (Fsp3) is 0.273. The molecule has 1 aliphatic rings. The second kappa shape index (κ2) is 8.48. The number of carbonyl (C=O) groups excluding carboxylic acids is 1. The maximum absolute atomic E-state index is 12.7. The van der Waals surface area contributed by atoms with E-state index in [1.807, 2.05) is 54.7 Å². The van der Waals surface area contributed by atoms with Gasteiger partial charge in [0.25, 0.3) is 0 Å². The summed E-state index contributed by atoms with van der Waals surface area (Å²) >= 11 is 6.19. The molecule has 2 aromatic carbocycles. The first kappa shape index (κ1) is 18.6. The van der Waals surface area contributed by atoms with Crippen LogP contribution < -0.4 is 10.2 Å². The molecule has 3 aromatic rings. The summed E-state index contributed by atoms with van der Waals surface area (Å²) < 4.78 is 1.78. The summed E-state index contributed by atoms with van der Waals surface area (Å²) in [4.78, 5) is 15.0. The molecule has 0 unspecified atom stereocenters. The smallest absolute Gasteiger partial charge is 0.228 e. The monoisotopic (exact) mass is 394 g/mol. The van der Waals surface area contributed by atoms with Crippen LogP contribution in [0.3, 0.4) is 0 Å². The van der Waals surface area contributed by atoms with Crippen molar-refractivity contribution in [2.24, 2.45) is 0 Å². The Hall–Kier alpha value is -2.79. The van der Waals surface area contributed by atoms with Gasteiger partial charge in [0.1, 0.15) is 0 Å². The molecule has 1 aromatic heterocycles. The van der Waals surface area contributed by atoms with Gasteiger partial charge in [-0.2, -0.15) is 5.10 Å². The predicted octanol–water partition coefficient (Wildman–Crippen LogP) is 4.70. The molecular weight excluding hydrogens is 372 g/mol. The lowest BCUT2D eigenvalue weighted by molar-refractivity contribution is -0.115. The van der Waals surface area contributed by atoms with Crippen LogP contribution in [-0.2, 0) is 11.2 Å². The van der Waals surface area contributed by atoms with Crippen molar-refractivity contribution < 1.29 is 4.79 Å². The van der Waals surface area contributed by atoms with Gasteiger partial charge in [-0.05, 0) is 55.2 Å². The molecule has 0 saturated carbocycles. The third kappa shape index (κ3) is 4.37. The van der Waals surface area contributed by atoms with Crippen molar-refractivity contribution in [3.05, 3.63) is 71.5 Å². The maximum atomic E-state index is 12.7. The number of nitrogens with zero attached hydrogens (tertiary/aromatic N) is 3. The Labute approximate surface area is 169 Å². The minimum absolute atomic E-state index is 0.0758. The molecule has 144 valence electrons. The number of halogens is 1. The van der Waals surface area contributed by atoms with Crippen LogP contribution in [0.2, 0.25) is 5.02 Å². The molecule has 1 saturated heterocycles. The Morgan fingerprint density at radius 3 is 2.64 bits per heavy atom. The molecule has 0 atom stereocenters. The Bertz CT molecular complexity index is 948. The van der Waals surface area contributed by atoms with Gasteiger partial charge in [0.15, 0.2) is 0 Å². The van der Waals surface area contributed by atoms with Crippen LogP contribution in [-0.4, -0.2) is 28.8 Å². The minimum Gasteiger partial charge on any atom is -0.370 e. The van der Waals surface area contributed by atoms with Gasteiger partial charge in [0.2, 0.25) is 5.91 Å². The molecule has 0 bridgehead atoms. The van der Waals surface area contributed by atoms with E-state index in [0.29, 0.717) is 5.02 Å². The molecule has 1 N–H and O–H groups in total. The predicted molar refractivity (Wildman–Crippen MR) is 113 cm³/mol. The zero-order valence-electron chi connectivity index (χ0n) is 15.6. The summed E-state index contributed by atoms with van der Waals surface area (Å²) in [5.41, 5.74) is 3.64. The number of piperidine rings is 1. The van der Waals surface area contributed by atoms with Gasteiger partial charge in [-0.15, -0.1) is 0 Å². The van der Waals surface area contributed by atoms with Gasteiger partial charge in [-0.25, -0.2) is 4.68 Å².